The van der Waals surface area contributed by atoms with E-state index in [9.17, 15) is 0 Å². The fraction of sp³-hybridized carbons (Fsp3) is 0.667. The van der Waals surface area contributed by atoms with Gasteiger partial charge in [-0.15, -0.1) is 0 Å². The summed E-state index contributed by atoms with van der Waals surface area (Å²) < 4.78 is 10.6. The minimum atomic E-state index is 0.332. The predicted octanol–water partition coefficient (Wildman–Crippen LogP) is 0.943. The highest BCUT2D eigenvalue weighted by Gasteiger charge is 2.13. The van der Waals surface area contributed by atoms with Gasteiger partial charge in [-0.05, 0) is 19.4 Å². The van der Waals surface area contributed by atoms with E-state index in [2.05, 4.69) is 10.5 Å². The summed E-state index contributed by atoms with van der Waals surface area (Å²) in [7, 11) is 0. The largest absolute Gasteiger partial charge is 0.369 e. The van der Waals surface area contributed by atoms with E-state index in [0.29, 0.717) is 12.7 Å². The van der Waals surface area contributed by atoms with Crippen molar-refractivity contribution in [3.63, 3.8) is 0 Å². The van der Waals surface area contributed by atoms with E-state index in [4.69, 9.17) is 9.26 Å². The van der Waals surface area contributed by atoms with Gasteiger partial charge in [0.1, 0.15) is 6.61 Å². The van der Waals surface area contributed by atoms with E-state index in [1.165, 1.54) is 6.42 Å². The average Bonchev–Trinajstić information content (AvgIpc) is 2.69. The van der Waals surface area contributed by atoms with Gasteiger partial charge in [-0.1, -0.05) is 5.16 Å². The van der Waals surface area contributed by atoms with Gasteiger partial charge < -0.3 is 14.6 Å². The van der Waals surface area contributed by atoms with Crippen molar-refractivity contribution in [3.8, 4) is 0 Å². The van der Waals surface area contributed by atoms with Gasteiger partial charge in [-0.3, -0.25) is 0 Å². The number of piperidine rings is 1. The third-order valence-corrected chi connectivity index (χ3v) is 2.20. The Bertz CT molecular complexity index is 230. The molecule has 0 saturated carbocycles. The number of nitrogens with zero attached hydrogens (tertiary/aromatic N) is 1. The zero-order valence-electron chi connectivity index (χ0n) is 7.53. The van der Waals surface area contributed by atoms with Gasteiger partial charge in [0.15, 0.2) is 5.76 Å². The summed E-state index contributed by atoms with van der Waals surface area (Å²) in [6, 6.07) is 1.83. The normalized spacial score (nSPS) is 23.2. The van der Waals surface area contributed by atoms with E-state index >= 15 is 0 Å². The number of hydrogen-bond donors (Lipinski definition) is 1. The van der Waals surface area contributed by atoms with E-state index in [1.807, 2.05) is 6.07 Å². The first-order valence-electron chi connectivity index (χ1n) is 4.67. The van der Waals surface area contributed by atoms with E-state index < -0.39 is 0 Å². The first-order valence-corrected chi connectivity index (χ1v) is 4.67. The fourth-order valence-electron chi connectivity index (χ4n) is 1.48. The molecule has 4 nitrogen and oxygen atoms in total. The summed E-state index contributed by atoms with van der Waals surface area (Å²) in [5, 5.41) is 6.91. The molecule has 1 aliphatic rings. The SMILES string of the molecule is c1cc(CO[C@H]2CCCNC2)on1. The Labute approximate surface area is 77.2 Å². The Hall–Kier alpha value is -0.870. The molecule has 0 amide bonds. The molecule has 0 unspecified atom stereocenters. The summed E-state index contributed by atoms with van der Waals surface area (Å²) in [6.45, 7) is 2.60. The van der Waals surface area contributed by atoms with Crippen molar-refractivity contribution < 1.29 is 9.26 Å². The lowest BCUT2D eigenvalue weighted by Crippen LogP contribution is -2.35. The van der Waals surface area contributed by atoms with Crippen LogP contribution in [-0.2, 0) is 11.3 Å². The molecule has 1 saturated heterocycles. The molecule has 0 spiro atoms. The third kappa shape index (κ3) is 2.54. The number of rotatable bonds is 3. The Balaban J connectivity index is 1.72. The van der Waals surface area contributed by atoms with Gasteiger partial charge in [-0.25, -0.2) is 0 Å². The molecule has 0 radical (unpaired) electrons. The molecule has 0 aliphatic carbocycles. The minimum Gasteiger partial charge on any atom is -0.369 e. The molecule has 72 valence electrons. The fourth-order valence-corrected chi connectivity index (χ4v) is 1.48. The van der Waals surface area contributed by atoms with Crippen LogP contribution in [-0.4, -0.2) is 24.4 Å². The first-order chi connectivity index (χ1) is 6.45. The molecule has 1 N–H and O–H groups in total. The molecule has 1 aromatic rings. The summed E-state index contributed by atoms with van der Waals surface area (Å²) in [6.07, 6.45) is 4.30. The van der Waals surface area contributed by atoms with Crippen LogP contribution in [0, 0.1) is 0 Å². The third-order valence-electron chi connectivity index (χ3n) is 2.20. The van der Waals surface area contributed by atoms with Crippen LogP contribution in [0.25, 0.3) is 0 Å². The molecule has 13 heavy (non-hydrogen) atoms. The van der Waals surface area contributed by atoms with Crippen molar-refractivity contribution in [2.45, 2.75) is 25.6 Å². The van der Waals surface area contributed by atoms with Crippen molar-refractivity contribution in [1.29, 1.82) is 0 Å². The lowest BCUT2D eigenvalue weighted by atomic mass is 10.1. The Morgan fingerprint density at radius 2 is 2.69 bits per heavy atom. The van der Waals surface area contributed by atoms with Crippen LogP contribution in [0.3, 0.4) is 0 Å². The molecular weight excluding hydrogens is 168 g/mol. The van der Waals surface area contributed by atoms with Gasteiger partial charge in [-0.2, -0.15) is 0 Å². The van der Waals surface area contributed by atoms with Crippen LogP contribution in [0.15, 0.2) is 16.8 Å². The van der Waals surface area contributed by atoms with Gasteiger partial charge in [0.25, 0.3) is 0 Å². The number of hydrogen-bond acceptors (Lipinski definition) is 4. The highest BCUT2D eigenvalue weighted by molar-refractivity contribution is 4.90. The van der Waals surface area contributed by atoms with E-state index in [1.54, 1.807) is 6.20 Å². The van der Waals surface area contributed by atoms with Gasteiger partial charge in [0.2, 0.25) is 0 Å². The van der Waals surface area contributed by atoms with Crippen molar-refractivity contribution in [1.82, 2.24) is 10.5 Å². The molecule has 0 bridgehead atoms. The monoisotopic (exact) mass is 182 g/mol. The molecule has 2 heterocycles. The maximum atomic E-state index is 5.63. The molecular formula is C9H14N2O2. The molecule has 4 heteroatoms. The van der Waals surface area contributed by atoms with Crippen LogP contribution in [0.2, 0.25) is 0 Å². The standard InChI is InChI=1S/C9H14N2O2/c1-2-8(6-10-4-1)12-7-9-3-5-11-13-9/h3,5,8,10H,1-2,4,6-7H2/t8-/m0/s1. The molecule has 0 aromatic carbocycles. The highest BCUT2D eigenvalue weighted by Crippen LogP contribution is 2.09. The first kappa shape index (κ1) is 8.72. The van der Waals surface area contributed by atoms with Gasteiger partial charge >= 0.3 is 0 Å². The smallest absolute Gasteiger partial charge is 0.162 e. The average molecular weight is 182 g/mol. The van der Waals surface area contributed by atoms with Crippen LogP contribution in [0.1, 0.15) is 18.6 Å². The summed E-state index contributed by atoms with van der Waals surface area (Å²) >= 11 is 0. The lowest BCUT2D eigenvalue weighted by molar-refractivity contribution is 0.0146. The minimum absolute atomic E-state index is 0.332. The predicted molar refractivity (Wildman–Crippen MR) is 47.2 cm³/mol. The quantitative estimate of drug-likeness (QED) is 0.755. The summed E-state index contributed by atoms with van der Waals surface area (Å²) in [5.41, 5.74) is 0. The van der Waals surface area contributed by atoms with Gasteiger partial charge in [0.05, 0.1) is 12.3 Å². The summed E-state index contributed by atoms with van der Waals surface area (Å²) in [4.78, 5) is 0. The Morgan fingerprint density at radius 1 is 1.69 bits per heavy atom. The van der Waals surface area contributed by atoms with Crippen LogP contribution < -0.4 is 5.32 Å². The number of aromatic nitrogens is 1. The summed E-state index contributed by atoms with van der Waals surface area (Å²) in [5.74, 6) is 0.797. The van der Waals surface area contributed by atoms with E-state index in [0.717, 1.165) is 25.3 Å². The maximum Gasteiger partial charge on any atom is 0.162 e. The molecule has 2 rings (SSSR count). The molecule has 1 fully saturated rings. The van der Waals surface area contributed by atoms with Crippen molar-refractivity contribution in [2.24, 2.45) is 0 Å². The Morgan fingerprint density at radius 3 is 3.38 bits per heavy atom. The molecule has 1 atom stereocenters. The topological polar surface area (TPSA) is 47.3 Å². The maximum absolute atomic E-state index is 5.63. The Kier molecular flexibility index (Phi) is 2.94. The van der Waals surface area contributed by atoms with Gasteiger partial charge in [0, 0.05) is 12.6 Å². The number of nitrogens with one attached hydrogen (secondary N) is 1. The second kappa shape index (κ2) is 4.39. The van der Waals surface area contributed by atoms with Crippen molar-refractivity contribution in [2.75, 3.05) is 13.1 Å². The number of ether oxygens (including phenoxy) is 1. The van der Waals surface area contributed by atoms with Crippen molar-refractivity contribution >= 4 is 0 Å². The second-order valence-electron chi connectivity index (χ2n) is 3.26. The second-order valence-corrected chi connectivity index (χ2v) is 3.26. The highest BCUT2D eigenvalue weighted by atomic mass is 16.5. The van der Waals surface area contributed by atoms with E-state index in [-0.39, 0.29) is 0 Å². The lowest BCUT2D eigenvalue weighted by Gasteiger charge is -2.22. The molecule has 1 aromatic heterocycles. The van der Waals surface area contributed by atoms with Crippen molar-refractivity contribution in [3.05, 3.63) is 18.0 Å². The molecule has 1 aliphatic heterocycles. The van der Waals surface area contributed by atoms with Crippen LogP contribution in [0.4, 0.5) is 0 Å². The van der Waals surface area contributed by atoms with Crippen LogP contribution in [0.5, 0.6) is 0 Å². The zero-order valence-corrected chi connectivity index (χ0v) is 7.53. The van der Waals surface area contributed by atoms with Crippen LogP contribution >= 0.6 is 0 Å². The zero-order chi connectivity index (χ0) is 8.93.